The molecular weight excluding hydrogens is 600 g/mol. The number of carbonyl (C=O) groups is 3. The van der Waals surface area contributed by atoms with Gasteiger partial charge in [0.15, 0.2) is 6.10 Å². The van der Waals surface area contributed by atoms with Gasteiger partial charge in [0.05, 0.1) is 0 Å². The number of carbonyl (C=O) groups excluding carboxylic acids is 3. The smallest absolute Gasteiger partial charge is 0.306 e. The second kappa shape index (κ2) is 36.7. The standard InChI is InChI=1S/C42H80O6/c1-5-7-9-11-13-15-16-18-22-27-31-35-42(45)48-39(36-46-40(43)33-29-25-21-17-14-12-10-8-6-2)37-47-41(44)34-30-26-23-19-20-24-28-32-38(3)4/h38-39H,5-37H2,1-4H3/t39-/m0/s1. The first-order valence-electron chi connectivity index (χ1n) is 20.9. The monoisotopic (exact) mass is 681 g/mol. The minimum Gasteiger partial charge on any atom is -0.462 e. The SMILES string of the molecule is CCCCCCCCCCCCCC(=O)O[C@@H](COC(=O)CCCCCCCCCCC)COC(=O)CCCCCCCCCC(C)C. The maximum atomic E-state index is 12.6. The molecule has 0 aromatic rings. The van der Waals surface area contributed by atoms with E-state index in [0.717, 1.165) is 63.7 Å². The molecule has 0 unspecified atom stereocenters. The molecule has 6 nitrogen and oxygen atoms in total. The average molecular weight is 681 g/mol. The molecule has 48 heavy (non-hydrogen) atoms. The van der Waals surface area contributed by atoms with Crippen LogP contribution < -0.4 is 0 Å². The van der Waals surface area contributed by atoms with E-state index in [1.165, 1.54) is 122 Å². The summed E-state index contributed by atoms with van der Waals surface area (Å²) in [6, 6.07) is 0. The maximum Gasteiger partial charge on any atom is 0.306 e. The summed E-state index contributed by atoms with van der Waals surface area (Å²) in [5.74, 6) is -0.0836. The van der Waals surface area contributed by atoms with Crippen molar-refractivity contribution in [1.29, 1.82) is 0 Å². The lowest BCUT2D eigenvalue weighted by Crippen LogP contribution is -2.30. The summed E-state index contributed by atoms with van der Waals surface area (Å²) in [4.78, 5) is 37.5. The molecule has 0 spiro atoms. The third kappa shape index (κ3) is 35.7. The van der Waals surface area contributed by atoms with Gasteiger partial charge in [0, 0.05) is 19.3 Å². The highest BCUT2D eigenvalue weighted by Crippen LogP contribution is 2.15. The van der Waals surface area contributed by atoms with Crippen LogP contribution in [-0.2, 0) is 28.6 Å². The Kier molecular flexibility index (Phi) is 35.5. The van der Waals surface area contributed by atoms with Crippen molar-refractivity contribution in [2.75, 3.05) is 13.2 Å². The summed E-state index contributed by atoms with van der Waals surface area (Å²) in [7, 11) is 0. The molecule has 0 heterocycles. The van der Waals surface area contributed by atoms with Crippen molar-refractivity contribution in [3.05, 3.63) is 0 Å². The fourth-order valence-corrected chi connectivity index (χ4v) is 6.10. The fourth-order valence-electron chi connectivity index (χ4n) is 6.10. The van der Waals surface area contributed by atoms with Gasteiger partial charge >= 0.3 is 17.9 Å². The van der Waals surface area contributed by atoms with Crippen LogP contribution in [0.5, 0.6) is 0 Å². The second-order valence-electron chi connectivity index (χ2n) is 14.7. The first-order chi connectivity index (χ1) is 23.4. The van der Waals surface area contributed by atoms with E-state index >= 15 is 0 Å². The minimum atomic E-state index is -0.757. The normalized spacial score (nSPS) is 11.9. The quantitative estimate of drug-likeness (QED) is 0.0369. The van der Waals surface area contributed by atoms with Gasteiger partial charge in [-0.05, 0) is 25.2 Å². The van der Waals surface area contributed by atoms with Gasteiger partial charge in [-0.1, -0.05) is 188 Å². The van der Waals surface area contributed by atoms with Gasteiger partial charge in [0.2, 0.25) is 0 Å². The van der Waals surface area contributed by atoms with Crippen molar-refractivity contribution >= 4 is 17.9 Å². The van der Waals surface area contributed by atoms with Gasteiger partial charge in [-0.3, -0.25) is 14.4 Å². The van der Waals surface area contributed by atoms with Gasteiger partial charge in [-0.25, -0.2) is 0 Å². The minimum absolute atomic E-state index is 0.0651. The van der Waals surface area contributed by atoms with Gasteiger partial charge in [-0.2, -0.15) is 0 Å². The predicted molar refractivity (Wildman–Crippen MR) is 201 cm³/mol. The van der Waals surface area contributed by atoms with E-state index in [4.69, 9.17) is 14.2 Å². The lowest BCUT2D eigenvalue weighted by atomic mass is 10.0. The van der Waals surface area contributed by atoms with Crippen LogP contribution in [0.4, 0.5) is 0 Å². The molecule has 0 saturated heterocycles. The summed E-state index contributed by atoms with van der Waals surface area (Å²) in [5, 5.41) is 0. The van der Waals surface area contributed by atoms with Crippen LogP contribution in [-0.4, -0.2) is 37.2 Å². The van der Waals surface area contributed by atoms with E-state index in [2.05, 4.69) is 27.7 Å². The third-order valence-electron chi connectivity index (χ3n) is 9.29. The topological polar surface area (TPSA) is 78.9 Å². The second-order valence-corrected chi connectivity index (χ2v) is 14.7. The van der Waals surface area contributed by atoms with Crippen molar-refractivity contribution in [2.45, 2.75) is 233 Å². The maximum absolute atomic E-state index is 12.6. The number of esters is 3. The molecule has 0 aliphatic heterocycles. The van der Waals surface area contributed by atoms with Crippen LogP contribution in [0.2, 0.25) is 0 Å². The molecule has 6 heteroatoms. The van der Waals surface area contributed by atoms with Gasteiger partial charge < -0.3 is 14.2 Å². The summed E-state index contributed by atoms with van der Waals surface area (Å²) in [6.07, 6.45) is 33.8. The number of hydrogen-bond acceptors (Lipinski definition) is 6. The average Bonchev–Trinajstić information content (AvgIpc) is 3.06. The van der Waals surface area contributed by atoms with E-state index in [-0.39, 0.29) is 31.1 Å². The van der Waals surface area contributed by atoms with Gasteiger partial charge in [0.1, 0.15) is 13.2 Å². The van der Waals surface area contributed by atoms with Crippen LogP contribution in [0, 0.1) is 5.92 Å². The van der Waals surface area contributed by atoms with Crippen LogP contribution in [0.1, 0.15) is 227 Å². The molecule has 0 rings (SSSR count). The van der Waals surface area contributed by atoms with Crippen LogP contribution in [0.15, 0.2) is 0 Å². The zero-order chi connectivity index (χ0) is 35.3. The lowest BCUT2D eigenvalue weighted by molar-refractivity contribution is -0.167. The Hall–Kier alpha value is -1.59. The molecule has 0 fully saturated rings. The van der Waals surface area contributed by atoms with Crippen molar-refractivity contribution < 1.29 is 28.6 Å². The largest absolute Gasteiger partial charge is 0.462 e. The zero-order valence-corrected chi connectivity index (χ0v) is 32.4. The summed E-state index contributed by atoms with van der Waals surface area (Å²) < 4.78 is 16.6. The third-order valence-corrected chi connectivity index (χ3v) is 9.29. The Morgan fingerprint density at radius 2 is 0.688 bits per heavy atom. The van der Waals surface area contributed by atoms with Crippen LogP contribution in [0.25, 0.3) is 0 Å². The first kappa shape index (κ1) is 46.4. The molecule has 0 aliphatic carbocycles. The summed E-state index contributed by atoms with van der Waals surface area (Å²) >= 11 is 0. The summed E-state index contributed by atoms with van der Waals surface area (Å²) in [6.45, 7) is 8.90. The number of unbranched alkanes of at least 4 members (excludes halogenated alkanes) is 24. The van der Waals surface area contributed by atoms with E-state index in [0.29, 0.717) is 19.3 Å². The van der Waals surface area contributed by atoms with E-state index in [9.17, 15) is 14.4 Å². The van der Waals surface area contributed by atoms with Crippen LogP contribution >= 0.6 is 0 Å². The Bertz CT molecular complexity index is 721. The van der Waals surface area contributed by atoms with E-state index in [1.807, 2.05) is 0 Å². The molecule has 0 aromatic carbocycles. The van der Waals surface area contributed by atoms with Crippen molar-refractivity contribution in [3.8, 4) is 0 Å². The van der Waals surface area contributed by atoms with E-state index in [1.54, 1.807) is 0 Å². The molecule has 0 radical (unpaired) electrons. The van der Waals surface area contributed by atoms with Crippen molar-refractivity contribution in [2.24, 2.45) is 5.92 Å². The van der Waals surface area contributed by atoms with Gasteiger partial charge in [-0.15, -0.1) is 0 Å². The zero-order valence-electron chi connectivity index (χ0n) is 32.4. The Balaban J connectivity index is 4.35. The molecule has 0 bridgehead atoms. The molecule has 0 amide bonds. The van der Waals surface area contributed by atoms with E-state index < -0.39 is 6.10 Å². The molecule has 284 valence electrons. The predicted octanol–water partition coefficient (Wildman–Crippen LogP) is 12.8. The Morgan fingerprint density at radius 1 is 0.396 bits per heavy atom. The molecule has 0 N–H and O–H groups in total. The highest BCUT2D eigenvalue weighted by Gasteiger charge is 2.19. The van der Waals surface area contributed by atoms with Crippen LogP contribution in [0.3, 0.4) is 0 Å². The molecule has 0 aromatic heterocycles. The Morgan fingerprint density at radius 3 is 1.02 bits per heavy atom. The first-order valence-corrected chi connectivity index (χ1v) is 20.9. The van der Waals surface area contributed by atoms with Crippen molar-refractivity contribution in [1.82, 2.24) is 0 Å². The summed E-state index contributed by atoms with van der Waals surface area (Å²) in [5.41, 5.74) is 0. The number of hydrogen-bond donors (Lipinski definition) is 0. The lowest BCUT2D eigenvalue weighted by Gasteiger charge is -2.18. The van der Waals surface area contributed by atoms with Gasteiger partial charge in [0.25, 0.3) is 0 Å². The Labute approximate surface area is 298 Å². The molecule has 0 aliphatic rings. The molecular formula is C42H80O6. The molecule has 1 atom stereocenters. The number of rotatable bonds is 37. The highest BCUT2D eigenvalue weighted by molar-refractivity contribution is 5.71. The number of ether oxygens (including phenoxy) is 3. The van der Waals surface area contributed by atoms with Crippen molar-refractivity contribution in [3.63, 3.8) is 0 Å². The fraction of sp³-hybridized carbons (Fsp3) is 0.929. The molecule has 0 saturated carbocycles. The highest BCUT2D eigenvalue weighted by atomic mass is 16.6.